The third-order valence-corrected chi connectivity index (χ3v) is 3.57. The number of aromatic nitrogens is 2. The molecule has 2 amide bonds. The SMILES string of the molecule is O=C(NC[C@@H]1CCCC[C@H]1O)Nc1cnns1. The Balaban J connectivity index is 1.72. The van der Waals surface area contributed by atoms with E-state index >= 15 is 0 Å². The molecule has 0 bridgehead atoms. The maximum Gasteiger partial charge on any atom is 0.319 e. The second-order valence-corrected chi connectivity index (χ2v) is 5.01. The Morgan fingerprint density at radius 1 is 1.53 bits per heavy atom. The number of urea groups is 1. The fourth-order valence-corrected chi connectivity index (χ4v) is 2.44. The predicted molar refractivity (Wildman–Crippen MR) is 64.9 cm³/mol. The quantitative estimate of drug-likeness (QED) is 0.758. The van der Waals surface area contributed by atoms with Gasteiger partial charge in [0, 0.05) is 24.0 Å². The zero-order chi connectivity index (χ0) is 12.1. The Kier molecular flexibility index (Phi) is 4.27. The molecule has 1 aromatic heterocycles. The average molecular weight is 256 g/mol. The van der Waals surface area contributed by atoms with E-state index in [2.05, 4.69) is 20.2 Å². The molecule has 7 heteroatoms. The molecule has 2 atom stereocenters. The van der Waals surface area contributed by atoms with Crippen molar-refractivity contribution in [2.45, 2.75) is 31.8 Å². The van der Waals surface area contributed by atoms with E-state index in [9.17, 15) is 9.90 Å². The smallest absolute Gasteiger partial charge is 0.319 e. The van der Waals surface area contributed by atoms with Gasteiger partial charge in [0.25, 0.3) is 0 Å². The van der Waals surface area contributed by atoms with Crippen LogP contribution in [0.4, 0.5) is 9.80 Å². The Morgan fingerprint density at radius 2 is 2.35 bits per heavy atom. The van der Waals surface area contributed by atoms with Crippen LogP contribution in [0.1, 0.15) is 25.7 Å². The lowest BCUT2D eigenvalue weighted by molar-refractivity contribution is 0.0712. The second-order valence-electron chi connectivity index (χ2n) is 4.23. The fraction of sp³-hybridized carbons (Fsp3) is 0.700. The normalized spacial score (nSPS) is 24.3. The van der Waals surface area contributed by atoms with Gasteiger partial charge in [-0.15, -0.1) is 5.10 Å². The fourth-order valence-electron chi connectivity index (χ4n) is 2.03. The summed E-state index contributed by atoms with van der Waals surface area (Å²) in [6.45, 7) is 0.513. The molecule has 0 saturated heterocycles. The number of amides is 2. The summed E-state index contributed by atoms with van der Waals surface area (Å²) in [5.41, 5.74) is 0. The van der Waals surface area contributed by atoms with Crippen molar-refractivity contribution in [2.24, 2.45) is 5.92 Å². The molecule has 0 aromatic carbocycles. The molecule has 1 fully saturated rings. The van der Waals surface area contributed by atoms with Gasteiger partial charge in [0.2, 0.25) is 0 Å². The topological polar surface area (TPSA) is 87.1 Å². The van der Waals surface area contributed by atoms with E-state index in [1.807, 2.05) is 0 Å². The van der Waals surface area contributed by atoms with E-state index < -0.39 is 0 Å². The summed E-state index contributed by atoms with van der Waals surface area (Å²) in [5.74, 6) is 0.175. The van der Waals surface area contributed by atoms with E-state index in [0.29, 0.717) is 11.5 Å². The van der Waals surface area contributed by atoms with Crippen molar-refractivity contribution in [2.75, 3.05) is 11.9 Å². The molecule has 0 spiro atoms. The van der Waals surface area contributed by atoms with Crippen LogP contribution in [0.2, 0.25) is 0 Å². The molecule has 3 N–H and O–H groups in total. The molecular weight excluding hydrogens is 240 g/mol. The minimum absolute atomic E-state index is 0.175. The van der Waals surface area contributed by atoms with Crippen molar-refractivity contribution in [3.05, 3.63) is 6.20 Å². The zero-order valence-corrected chi connectivity index (χ0v) is 10.2. The number of aliphatic hydroxyl groups excluding tert-OH is 1. The number of aliphatic hydroxyl groups is 1. The van der Waals surface area contributed by atoms with Gasteiger partial charge in [-0.2, -0.15) is 0 Å². The molecule has 0 radical (unpaired) electrons. The summed E-state index contributed by atoms with van der Waals surface area (Å²) in [4.78, 5) is 11.5. The van der Waals surface area contributed by atoms with E-state index in [1.165, 1.54) is 6.20 Å². The molecular formula is C10H16N4O2S. The van der Waals surface area contributed by atoms with Crippen molar-refractivity contribution in [1.82, 2.24) is 14.9 Å². The molecule has 1 aliphatic rings. The summed E-state index contributed by atoms with van der Waals surface area (Å²) in [5, 5.41) is 19.4. The average Bonchev–Trinajstić information content (AvgIpc) is 2.81. The van der Waals surface area contributed by atoms with Crippen molar-refractivity contribution in [1.29, 1.82) is 0 Å². The molecule has 1 aliphatic carbocycles. The third-order valence-electron chi connectivity index (χ3n) is 2.99. The van der Waals surface area contributed by atoms with Crippen molar-refractivity contribution in [3.8, 4) is 0 Å². The van der Waals surface area contributed by atoms with Gasteiger partial charge in [-0.3, -0.25) is 5.32 Å². The van der Waals surface area contributed by atoms with Crippen LogP contribution in [0.25, 0.3) is 0 Å². The first-order chi connectivity index (χ1) is 8.25. The number of carbonyl (C=O) groups is 1. The van der Waals surface area contributed by atoms with E-state index in [4.69, 9.17) is 0 Å². The highest BCUT2D eigenvalue weighted by atomic mass is 32.1. The summed E-state index contributed by atoms with van der Waals surface area (Å²) >= 11 is 1.13. The second kappa shape index (κ2) is 5.92. The highest BCUT2D eigenvalue weighted by Crippen LogP contribution is 2.23. The summed E-state index contributed by atoms with van der Waals surface area (Å²) in [6, 6.07) is -0.270. The van der Waals surface area contributed by atoms with Gasteiger partial charge in [0.05, 0.1) is 12.3 Å². The molecule has 1 aromatic rings. The van der Waals surface area contributed by atoms with E-state index in [-0.39, 0.29) is 18.1 Å². The van der Waals surface area contributed by atoms with Gasteiger partial charge >= 0.3 is 6.03 Å². The number of nitrogens with zero attached hydrogens (tertiary/aromatic N) is 2. The Hall–Kier alpha value is -1.21. The lowest BCUT2D eigenvalue weighted by Crippen LogP contribution is -2.38. The molecule has 6 nitrogen and oxygen atoms in total. The van der Waals surface area contributed by atoms with Gasteiger partial charge in [-0.05, 0) is 12.8 Å². The van der Waals surface area contributed by atoms with Crippen LogP contribution in [0, 0.1) is 5.92 Å². The first-order valence-corrected chi connectivity index (χ1v) is 6.53. The highest BCUT2D eigenvalue weighted by molar-refractivity contribution is 7.10. The lowest BCUT2D eigenvalue weighted by Gasteiger charge is -2.27. The first kappa shape index (κ1) is 12.3. The van der Waals surface area contributed by atoms with Crippen molar-refractivity contribution < 1.29 is 9.90 Å². The first-order valence-electron chi connectivity index (χ1n) is 5.76. The maximum absolute atomic E-state index is 11.5. The Labute approximate surface area is 104 Å². The molecule has 0 unspecified atom stereocenters. The van der Waals surface area contributed by atoms with Crippen molar-refractivity contribution in [3.63, 3.8) is 0 Å². The minimum Gasteiger partial charge on any atom is -0.393 e. The Morgan fingerprint density at radius 3 is 3.06 bits per heavy atom. The van der Waals surface area contributed by atoms with Gasteiger partial charge in [0.15, 0.2) is 0 Å². The van der Waals surface area contributed by atoms with Crippen LogP contribution in [-0.4, -0.2) is 33.4 Å². The van der Waals surface area contributed by atoms with E-state index in [0.717, 1.165) is 37.2 Å². The number of anilines is 1. The molecule has 2 rings (SSSR count). The van der Waals surface area contributed by atoms with Crippen molar-refractivity contribution >= 4 is 22.6 Å². The van der Waals surface area contributed by atoms with Crippen LogP contribution in [0.5, 0.6) is 0 Å². The summed E-state index contributed by atoms with van der Waals surface area (Å²) < 4.78 is 3.65. The third kappa shape index (κ3) is 3.64. The van der Waals surface area contributed by atoms with Gasteiger partial charge in [-0.25, -0.2) is 4.79 Å². The van der Waals surface area contributed by atoms with Gasteiger partial charge < -0.3 is 10.4 Å². The number of carbonyl (C=O) groups excluding carboxylic acids is 1. The highest BCUT2D eigenvalue weighted by Gasteiger charge is 2.23. The monoisotopic (exact) mass is 256 g/mol. The molecule has 94 valence electrons. The van der Waals surface area contributed by atoms with Crippen LogP contribution in [0.15, 0.2) is 6.20 Å². The van der Waals surface area contributed by atoms with Crippen LogP contribution >= 0.6 is 11.5 Å². The number of hydrogen-bond acceptors (Lipinski definition) is 5. The summed E-state index contributed by atoms with van der Waals surface area (Å²) in [7, 11) is 0. The minimum atomic E-state index is -0.283. The van der Waals surface area contributed by atoms with Crippen LogP contribution < -0.4 is 10.6 Å². The number of hydrogen-bond donors (Lipinski definition) is 3. The van der Waals surface area contributed by atoms with Crippen LogP contribution in [0.3, 0.4) is 0 Å². The number of rotatable bonds is 3. The van der Waals surface area contributed by atoms with Gasteiger partial charge in [-0.1, -0.05) is 17.3 Å². The summed E-state index contributed by atoms with van der Waals surface area (Å²) in [6.07, 6.45) is 5.24. The number of nitrogens with one attached hydrogen (secondary N) is 2. The maximum atomic E-state index is 11.5. The molecule has 1 heterocycles. The Bertz CT molecular complexity index is 357. The van der Waals surface area contributed by atoms with Crippen LogP contribution in [-0.2, 0) is 0 Å². The van der Waals surface area contributed by atoms with Gasteiger partial charge in [0.1, 0.15) is 5.00 Å². The molecule has 1 saturated carbocycles. The standard InChI is InChI=1S/C10H16N4O2S/c15-8-4-2-1-3-7(8)5-11-10(16)13-9-6-12-14-17-9/h6-8,15H,1-5H2,(H2,11,13,16)/t7-,8+/m0/s1. The molecule has 0 aliphatic heterocycles. The van der Waals surface area contributed by atoms with E-state index in [1.54, 1.807) is 0 Å². The largest absolute Gasteiger partial charge is 0.393 e. The predicted octanol–water partition coefficient (Wildman–Crippen LogP) is 1.21. The zero-order valence-electron chi connectivity index (χ0n) is 9.43. The lowest BCUT2D eigenvalue weighted by atomic mass is 9.86. The molecule has 17 heavy (non-hydrogen) atoms.